The molecule has 0 aliphatic heterocycles. The van der Waals surface area contributed by atoms with Crippen molar-refractivity contribution in [1.82, 2.24) is 10.3 Å². The monoisotopic (exact) mass is 311 g/mol. The van der Waals surface area contributed by atoms with Gasteiger partial charge in [-0.05, 0) is 12.5 Å². The first kappa shape index (κ1) is 14.9. The van der Waals surface area contributed by atoms with Gasteiger partial charge in [0.2, 0.25) is 0 Å². The van der Waals surface area contributed by atoms with E-state index in [9.17, 15) is 19.7 Å². The first-order valence-electron chi connectivity index (χ1n) is 5.90. The highest BCUT2D eigenvalue weighted by atomic mass is 35.5. The zero-order valence-electron chi connectivity index (χ0n) is 10.5. The molecular formula is C12H10ClN3O5. The Kier molecular flexibility index (Phi) is 4.18. The minimum atomic E-state index is -0.985. The van der Waals surface area contributed by atoms with E-state index < -0.39 is 34.4 Å². The Bertz CT molecular complexity index is 646. The van der Waals surface area contributed by atoms with Gasteiger partial charge in [-0.1, -0.05) is 23.8 Å². The molecule has 9 heteroatoms. The zero-order chi connectivity index (χ0) is 15.6. The average Bonchev–Trinajstić information content (AvgIpc) is 2.86. The first-order chi connectivity index (χ1) is 9.88. The lowest BCUT2D eigenvalue weighted by Crippen LogP contribution is -2.33. The number of halogens is 1. The van der Waals surface area contributed by atoms with E-state index in [1.807, 2.05) is 0 Å². The lowest BCUT2D eigenvalue weighted by Gasteiger charge is -2.12. The normalized spacial score (nSPS) is 20.2. The molecule has 0 saturated carbocycles. The summed E-state index contributed by atoms with van der Waals surface area (Å²) in [6.07, 6.45) is 4.13. The third-order valence-corrected chi connectivity index (χ3v) is 3.21. The summed E-state index contributed by atoms with van der Waals surface area (Å²) in [5.41, 5.74) is -0.680. The van der Waals surface area contributed by atoms with Gasteiger partial charge in [0, 0.05) is 6.04 Å². The maximum atomic E-state index is 12.1. The SMILES string of the molecule is O=C(NC1C=CC(C(=O)O)C1)c1cc(Cl)ncc1[N+](=O)[O-]. The standard InChI is InChI=1S/C12H10ClN3O5/c13-10-4-8(9(5-14-10)16(20)21)11(17)15-7-2-1-6(3-7)12(18)19/h1-2,4-7H,3H2,(H,15,17)(H,18,19). The molecule has 0 radical (unpaired) electrons. The third-order valence-electron chi connectivity index (χ3n) is 3.01. The zero-order valence-corrected chi connectivity index (χ0v) is 11.3. The summed E-state index contributed by atoms with van der Waals surface area (Å²) in [6.45, 7) is 0. The lowest BCUT2D eigenvalue weighted by molar-refractivity contribution is -0.385. The van der Waals surface area contributed by atoms with E-state index in [-0.39, 0.29) is 17.1 Å². The van der Waals surface area contributed by atoms with Crippen LogP contribution in [-0.4, -0.2) is 32.9 Å². The highest BCUT2D eigenvalue weighted by Gasteiger charge is 2.28. The maximum Gasteiger partial charge on any atom is 0.310 e. The van der Waals surface area contributed by atoms with Crippen molar-refractivity contribution in [3.05, 3.63) is 45.2 Å². The van der Waals surface area contributed by atoms with Gasteiger partial charge < -0.3 is 10.4 Å². The molecule has 2 N–H and O–H groups in total. The van der Waals surface area contributed by atoms with Crippen LogP contribution in [0.25, 0.3) is 0 Å². The van der Waals surface area contributed by atoms with Crippen molar-refractivity contribution < 1.29 is 19.6 Å². The molecule has 2 unspecified atom stereocenters. The van der Waals surface area contributed by atoms with Gasteiger partial charge in [0.05, 0.1) is 10.8 Å². The average molecular weight is 312 g/mol. The number of aliphatic carboxylic acids is 1. The predicted octanol–water partition coefficient (Wildman–Crippen LogP) is 1.40. The number of carbonyl (C=O) groups is 2. The number of rotatable bonds is 4. The van der Waals surface area contributed by atoms with Gasteiger partial charge in [-0.25, -0.2) is 4.98 Å². The van der Waals surface area contributed by atoms with E-state index in [2.05, 4.69) is 10.3 Å². The minimum absolute atomic E-state index is 0.0453. The van der Waals surface area contributed by atoms with E-state index in [4.69, 9.17) is 16.7 Å². The number of aromatic nitrogens is 1. The van der Waals surface area contributed by atoms with E-state index in [1.54, 1.807) is 6.08 Å². The van der Waals surface area contributed by atoms with Crippen molar-refractivity contribution in [2.75, 3.05) is 0 Å². The molecule has 2 rings (SSSR count). The molecular weight excluding hydrogens is 302 g/mol. The minimum Gasteiger partial charge on any atom is -0.481 e. The Hall–Kier alpha value is -2.48. The number of carboxylic acids is 1. The van der Waals surface area contributed by atoms with Crippen LogP contribution in [0.4, 0.5) is 5.69 Å². The van der Waals surface area contributed by atoms with E-state index in [0.29, 0.717) is 0 Å². The summed E-state index contributed by atoms with van der Waals surface area (Å²) >= 11 is 5.64. The number of pyridine rings is 1. The van der Waals surface area contributed by atoms with Gasteiger partial charge in [-0.3, -0.25) is 19.7 Å². The molecule has 0 spiro atoms. The van der Waals surface area contributed by atoms with Crippen LogP contribution in [0.2, 0.25) is 5.15 Å². The summed E-state index contributed by atoms with van der Waals surface area (Å²) in [6, 6.07) is 0.604. The molecule has 21 heavy (non-hydrogen) atoms. The summed E-state index contributed by atoms with van der Waals surface area (Å²) in [4.78, 5) is 36.6. The van der Waals surface area contributed by atoms with Gasteiger partial charge in [0.15, 0.2) is 0 Å². The molecule has 1 aromatic rings. The lowest BCUT2D eigenvalue weighted by atomic mass is 10.1. The van der Waals surface area contributed by atoms with Crippen LogP contribution < -0.4 is 5.32 Å². The van der Waals surface area contributed by atoms with Crippen molar-refractivity contribution in [2.45, 2.75) is 12.5 Å². The summed E-state index contributed by atoms with van der Waals surface area (Å²) in [5, 5.41) is 22.2. The van der Waals surface area contributed by atoms with Crippen LogP contribution in [0.15, 0.2) is 24.4 Å². The predicted molar refractivity (Wildman–Crippen MR) is 72.0 cm³/mol. The van der Waals surface area contributed by atoms with Crippen LogP contribution in [0.1, 0.15) is 16.8 Å². The molecule has 0 saturated heterocycles. The highest BCUT2D eigenvalue weighted by molar-refractivity contribution is 6.29. The highest BCUT2D eigenvalue weighted by Crippen LogP contribution is 2.22. The van der Waals surface area contributed by atoms with Gasteiger partial charge in [-0.2, -0.15) is 0 Å². The molecule has 1 aliphatic rings. The Balaban J connectivity index is 2.15. The number of hydrogen-bond donors (Lipinski definition) is 2. The Morgan fingerprint density at radius 2 is 2.19 bits per heavy atom. The topological polar surface area (TPSA) is 122 Å². The fraction of sp³-hybridized carbons (Fsp3) is 0.250. The molecule has 1 aromatic heterocycles. The molecule has 0 aromatic carbocycles. The number of hydrogen-bond acceptors (Lipinski definition) is 5. The van der Waals surface area contributed by atoms with Crippen LogP contribution >= 0.6 is 11.6 Å². The Labute approximate surface area is 123 Å². The number of nitrogens with zero attached hydrogens (tertiary/aromatic N) is 2. The molecule has 2 atom stereocenters. The largest absolute Gasteiger partial charge is 0.481 e. The van der Waals surface area contributed by atoms with Crippen molar-refractivity contribution in [1.29, 1.82) is 0 Å². The number of carbonyl (C=O) groups excluding carboxylic acids is 1. The molecule has 110 valence electrons. The summed E-state index contributed by atoms with van der Waals surface area (Å²) in [7, 11) is 0. The molecule has 1 heterocycles. The molecule has 1 aliphatic carbocycles. The Morgan fingerprint density at radius 1 is 1.48 bits per heavy atom. The van der Waals surface area contributed by atoms with Crippen molar-refractivity contribution in [2.24, 2.45) is 5.92 Å². The number of nitro groups is 1. The van der Waals surface area contributed by atoms with Crippen LogP contribution in [0.5, 0.6) is 0 Å². The summed E-state index contributed by atoms with van der Waals surface area (Å²) < 4.78 is 0. The second-order valence-corrected chi connectivity index (χ2v) is 4.81. The van der Waals surface area contributed by atoms with Gasteiger partial charge in [0.25, 0.3) is 11.6 Å². The third kappa shape index (κ3) is 3.34. The molecule has 1 amide bonds. The number of nitrogens with one attached hydrogen (secondary N) is 1. The van der Waals surface area contributed by atoms with Crippen molar-refractivity contribution in [3.63, 3.8) is 0 Å². The maximum absolute atomic E-state index is 12.1. The van der Waals surface area contributed by atoms with Crippen molar-refractivity contribution >= 4 is 29.2 Å². The van der Waals surface area contributed by atoms with E-state index in [0.717, 1.165) is 12.3 Å². The van der Waals surface area contributed by atoms with Crippen LogP contribution in [-0.2, 0) is 4.79 Å². The fourth-order valence-electron chi connectivity index (χ4n) is 1.99. The van der Waals surface area contributed by atoms with Gasteiger partial charge >= 0.3 is 5.97 Å². The van der Waals surface area contributed by atoms with E-state index >= 15 is 0 Å². The smallest absolute Gasteiger partial charge is 0.310 e. The van der Waals surface area contributed by atoms with Crippen LogP contribution in [0, 0.1) is 16.0 Å². The van der Waals surface area contributed by atoms with Crippen molar-refractivity contribution in [3.8, 4) is 0 Å². The van der Waals surface area contributed by atoms with Crippen LogP contribution in [0.3, 0.4) is 0 Å². The van der Waals surface area contributed by atoms with E-state index in [1.165, 1.54) is 6.08 Å². The molecule has 8 nitrogen and oxygen atoms in total. The Morgan fingerprint density at radius 3 is 2.76 bits per heavy atom. The molecule has 0 bridgehead atoms. The first-order valence-corrected chi connectivity index (χ1v) is 6.28. The van der Waals surface area contributed by atoms with Gasteiger partial charge in [-0.15, -0.1) is 0 Å². The number of amides is 1. The summed E-state index contributed by atoms with van der Waals surface area (Å²) in [5.74, 6) is -2.36. The molecule has 0 fully saturated rings. The second-order valence-electron chi connectivity index (χ2n) is 4.43. The number of carboxylic acid groups (broad SMARTS) is 1. The fourth-order valence-corrected chi connectivity index (χ4v) is 2.14. The second kappa shape index (κ2) is 5.88. The quantitative estimate of drug-likeness (QED) is 0.375. The van der Waals surface area contributed by atoms with Gasteiger partial charge in [0.1, 0.15) is 16.9 Å².